The average molecular weight is 241 g/mol. The number of ether oxygens (including phenoxy) is 1. The lowest BCUT2D eigenvalue weighted by molar-refractivity contribution is 0.0150. The molecule has 0 aliphatic rings. The van der Waals surface area contributed by atoms with Gasteiger partial charge >= 0.3 is 0 Å². The fourth-order valence-electron chi connectivity index (χ4n) is 1.66. The molecule has 4 heteroatoms. The van der Waals surface area contributed by atoms with Crippen LogP contribution in [0.3, 0.4) is 0 Å². The zero-order chi connectivity index (χ0) is 13.1. The molecule has 1 aromatic carbocycles. The molecule has 1 aromatic rings. The highest BCUT2D eigenvalue weighted by atomic mass is 19.3. The van der Waals surface area contributed by atoms with Gasteiger partial charge in [0.25, 0.3) is 5.92 Å². The van der Waals surface area contributed by atoms with Gasteiger partial charge in [0.15, 0.2) is 0 Å². The summed E-state index contributed by atoms with van der Waals surface area (Å²) in [4.78, 5) is 0. The van der Waals surface area contributed by atoms with Crippen LogP contribution in [0.4, 0.5) is 8.78 Å². The largest absolute Gasteiger partial charge is 0.496 e. The summed E-state index contributed by atoms with van der Waals surface area (Å²) in [7, 11) is 1.39. The number of nitrogens with two attached hydrogens (primary N) is 1. The molecular weight excluding hydrogens is 224 g/mol. The van der Waals surface area contributed by atoms with Gasteiger partial charge in [-0.2, -0.15) is 0 Å². The minimum Gasteiger partial charge on any atom is -0.496 e. The van der Waals surface area contributed by atoms with E-state index in [2.05, 4.69) is 0 Å². The lowest BCUT2D eigenvalue weighted by Crippen LogP contribution is -2.10. The van der Waals surface area contributed by atoms with E-state index in [-0.39, 0.29) is 11.3 Å². The summed E-state index contributed by atoms with van der Waals surface area (Å²) in [6, 6.07) is 3.05. The zero-order valence-corrected chi connectivity index (χ0v) is 10.3. The molecule has 0 unspecified atom stereocenters. The maximum atomic E-state index is 13.4. The second-order valence-corrected chi connectivity index (χ2v) is 3.90. The molecule has 2 N–H and O–H groups in total. The van der Waals surface area contributed by atoms with Gasteiger partial charge < -0.3 is 10.5 Å². The van der Waals surface area contributed by atoms with Crippen molar-refractivity contribution in [2.45, 2.75) is 19.8 Å². The first-order valence-corrected chi connectivity index (χ1v) is 5.34. The molecule has 0 bridgehead atoms. The van der Waals surface area contributed by atoms with Crippen LogP contribution in [0, 0.1) is 6.92 Å². The van der Waals surface area contributed by atoms with E-state index in [4.69, 9.17) is 10.5 Å². The highest BCUT2D eigenvalue weighted by Gasteiger charge is 2.29. The Morgan fingerprint density at radius 2 is 2.06 bits per heavy atom. The number of methoxy groups -OCH3 is 1. The molecule has 0 aliphatic heterocycles. The van der Waals surface area contributed by atoms with E-state index in [1.165, 1.54) is 13.2 Å². The van der Waals surface area contributed by atoms with Crippen LogP contribution >= 0.6 is 0 Å². The molecule has 0 amide bonds. The summed E-state index contributed by atoms with van der Waals surface area (Å²) >= 11 is 0. The number of aryl methyl sites for hydroxylation is 1. The van der Waals surface area contributed by atoms with Crippen molar-refractivity contribution in [3.05, 3.63) is 34.9 Å². The van der Waals surface area contributed by atoms with Gasteiger partial charge in [-0.05, 0) is 18.6 Å². The van der Waals surface area contributed by atoms with Crippen molar-refractivity contribution < 1.29 is 13.5 Å². The summed E-state index contributed by atoms with van der Waals surface area (Å²) in [5.41, 5.74) is 6.78. The van der Waals surface area contributed by atoms with Gasteiger partial charge in [-0.3, -0.25) is 0 Å². The first-order chi connectivity index (χ1) is 7.91. The number of alkyl halides is 2. The molecule has 0 radical (unpaired) electrons. The molecule has 94 valence electrons. The number of hydrogen-bond donors (Lipinski definition) is 1. The molecule has 0 aliphatic carbocycles. The van der Waals surface area contributed by atoms with Crippen molar-refractivity contribution in [2.75, 3.05) is 13.7 Å². The van der Waals surface area contributed by atoms with Crippen LogP contribution in [0.1, 0.15) is 23.6 Å². The predicted molar refractivity (Wildman–Crippen MR) is 65.4 cm³/mol. The molecule has 0 saturated carbocycles. The van der Waals surface area contributed by atoms with Crippen LogP contribution < -0.4 is 10.5 Å². The minimum absolute atomic E-state index is 0.109. The van der Waals surface area contributed by atoms with Crippen molar-refractivity contribution >= 4 is 6.08 Å². The van der Waals surface area contributed by atoms with Gasteiger partial charge in [-0.25, -0.2) is 8.78 Å². The second kappa shape index (κ2) is 5.27. The molecule has 0 fully saturated rings. The van der Waals surface area contributed by atoms with E-state index in [0.717, 1.165) is 12.5 Å². The van der Waals surface area contributed by atoms with Crippen LogP contribution in [-0.2, 0) is 5.92 Å². The summed E-state index contributed by atoms with van der Waals surface area (Å²) in [5, 5.41) is 0. The third-order valence-corrected chi connectivity index (χ3v) is 2.51. The maximum Gasteiger partial charge on any atom is 0.274 e. The molecule has 0 spiro atoms. The van der Waals surface area contributed by atoms with Crippen LogP contribution in [-0.4, -0.2) is 13.7 Å². The monoisotopic (exact) mass is 241 g/mol. The highest BCUT2D eigenvalue weighted by Crippen LogP contribution is 2.38. The van der Waals surface area contributed by atoms with Crippen molar-refractivity contribution in [1.82, 2.24) is 0 Å². The molecule has 2 nitrogen and oxygen atoms in total. The van der Waals surface area contributed by atoms with Crippen LogP contribution in [0.25, 0.3) is 6.08 Å². The Balaban J connectivity index is 3.42. The molecule has 0 atom stereocenters. The third-order valence-electron chi connectivity index (χ3n) is 2.51. The Kier molecular flexibility index (Phi) is 4.23. The average Bonchev–Trinajstić information content (AvgIpc) is 2.25. The van der Waals surface area contributed by atoms with E-state index >= 15 is 0 Å². The molecular formula is C13H17F2NO. The van der Waals surface area contributed by atoms with Crippen LogP contribution in [0.2, 0.25) is 0 Å². The van der Waals surface area contributed by atoms with Crippen molar-refractivity contribution in [3.8, 4) is 5.75 Å². The Hall–Kier alpha value is -1.42. The molecule has 0 heterocycles. The zero-order valence-electron chi connectivity index (χ0n) is 10.3. The minimum atomic E-state index is -2.93. The maximum absolute atomic E-state index is 13.4. The Bertz CT molecular complexity index is 422. The Morgan fingerprint density at radius 3 is 2.53 bits per heavy atom. The van der Waals surface area contributed by atoms with Gasteiger partial charge in [0.2, 0.25) is 0 Å². The van der Waals surface area contributed by atoms with E-state index < -0.39 is 5.92 Å². The molecule has 17 heavy (non-hydrogen) atoms. The van der Waals surface area contributed by atoms with E-state index in [1.807, 2.05) is 6.92 Å². The smallest absolute Gasteiger partial charge is 0.274 e. The van der Waals surface area contributed by atoms with E-state index in [1.54, 1.807) is 18.2 Å². The summed E-state index contributed by atoms with van der Waals surface area (Å²) in [6.45, 7) is 3.06. The number of rotatable bonds is 4. The Labute approximate surface area is 100 Å². The fraction of sp³-hybridized carbons (Fsp3) is 0.385. The first-order valence-electron chi connectivity index (χ1n) is 5.34. The quantitative estimate of drug-likeness (QED) is 0.879. The van der Waals surface area contributed by atoms with Gasteiger partial charge in [0.05, 0.1) is 12.7 Å². The normalized spacial score (nSPS) is 12.1. The first kappa shape index (κ1) is 13.6. The predicted octanol–water partition coefficient (Wildman–Crippen LogP) is 3.09. The number of benzene rings is 1. The van der Waals surface area contributed by atoms with Gasteiger partial charge in [-0.15, -0.1) is 0 Å². The van der Waals surface area contributed by atoms with E-state index in [0.29, 0.717) is 12.1 Å². The van der Waals surface area contributed by atoms with E-state index in [9.17, 15) is 8.78 Å². The van der Waals surface area contributed by atoms with Gasteiger partial charge in [0, 0.05) is 19.0 Å². The fourth-order valence-corrected chi connectivity index (χ4v) is 1.66. The summed E-state index contributed by atoms with van der Waals surface area (Å²) in [6.07, 6.45) is 3.42. The SMILES string of the molecule is COc1c(C(C)(F)F)ccc(C)c1/C=C/CN. The van der Waals surface area contributed by atoms with Crippen molar-refractivity contribution in [2.24, 2.45) is 5.73 Å². The van der Waals surface area contributed by atoms with Crippen molar-refractivity contribution in [3.63, 3.8) is 0 Å². The standard InChI is InChI=1S/C13H17F2NO/c1-9-6-7-11(13(2,14)15)12(17-3)10(9)5-4-8-16/h4-7H,8,16H2,1-3H3/b5-4+. The topological polar surface area (TPSA) is 35.2 Å². The van der Waals surface area contributed by atoms with Gasteiger partial charge in [0.1, 0.15) is 5.75 Å². The molecule has 1 rings (SSSR count). The highest BCUT2D eigenvalue weighted by molar-refractivity contribution is 5.64. The number of hydrogen-bond acceptors (Lipinski definition) is 2. The second-order valence-electron chi connectivity index (χ2n) is 3.90. The lowest BCUT2D eigenvalue weighted by Gasteiger charge is -2.18. The van der Waals surface area contributed by atoms with Crippen LogP contribution in [0.15, 0.2) is 18.2 Å². The van der Waals surface area contributed by atoms with Crippen molar-refractivity contribution in [1.29, 1.82) is 0 Å². The molecule has 0 saturated heterocycles. The third kappa shape index (κ3) is 3.03. The Morgan fingerprint density at radius 1 is 1.41 bits per heavy atom. The lowest BCUT2D eigenvalue weighted by atomic mass is 9.99. The van der Waals surface area contributed by atoms with Gasteiger partial charge in [-0.1, -0.05) is 18.2 Å². The summed E-state index contributed by atoms with van der Waals surface area (Å²) < 4.78 is 31.9. The molecule has 0 aromatic heterocycles. The number of halogens is 2. The van der Waals surface area contributed by atoms with Crippen LogP contribution in [0.5, 0.6) is 5.75 Å². The summed E-state index contributed by atoms with van der Waals surface area (Å²) in [5.74, 6) is -2.72.